The maximum Gasteiger partial charge on any atom is 0.410 e. The molecule has 1 aromatic carbocycles. The fourth-order valence-corrected chi connectivity index (χ4v) is 4.64. The number of aryl methyl sites for hydroxylation is 2. The molecule has 2 aliphatic rings. The van der Waals surface area contributed by atoms with Gasteiger partial charge in [0, 0.05) is 29.7 Å². The summed E-state index contributed by atoms with van der Waals surface area (Å²) >= 11 is 0. The van der Waals surface area contributed by atoms with Gasteiger partial charge in [-0.1, -0.05) is 12.5 Å². The Morgan fingerprint density at radius 1 is 1.19 bits per heavy atom. The SMILES string of the molecule is CC(C)(C)OC(=O)N1CCC=C(c2c(F)cc(C(N)=O)c3[nH]c4c(c23)CCCCC4)C1. The van der Waals surface area contributed by atoms with Crippen LogP contribution in [-0.2, 0) is 17.6 Å². The van der Waals surface area contributed by atoms with Crippen LogP contribution in [0.15, 0.2) is 12.1 Å². The van der Waals surface area contributed by atoms with Gasteiger partial charge in [-0.05, 0) is 70.1 Å². The molecule has 0 radical (unpaired) electrons. The van der Waals surface area contributed by atoms with Crippen molar-refractivity contribution in [3.05, 3.63) is 40.3 Å². The van der Waals surface area contributed by atoms with E-state index < -0.39 is 23.4 Å². The number of halogens is 1. The van der Waals surface area contributed by atoms with Gasteiger partial charge in [-0.25, -0.2) is 9.18 Å². The van der Waals surface area contributed by atoms with Gasteiger partial charge >= 0.3 is 6.09 Å². The number of carbonyl (C=O) groups is 2. The van der Waals surface area contributed by atoms with Gasteiger partial charge < -0.3 is 20.4 Å². The molecular formula is C24H30FN3O3. The van der Waals surface area contributed by atoms with Crippen LogP contribution in [-0.4, -0.2) is 40.6 Å². The monoisotopic (exact) mass is 427 g/mol. The number of primary amides is 1. The highest BCUT2D eigenvalue weighted by Gasteiger charge is 2.29. The lowest BCUT2D eigenvalue weighted by Gasteiger charge is -2.30. The van der Waals surface area contributed by atoms with Crippen LogP contribution in [0.5, 0.6) is 0 Å². The summed E-state index contributed by atoms with van der Waals surface area (Å²) in [6.45, 7) is 6.26. The lowest BCUT2D eigenvalue weighted by atomic mass is 9.92. The highest BCUT2D eigenvalue weighted by Crippen LogP contribution is 2.38. The molecule has 1 aliphatic heterocycles. The number of rotatable bonds is 2. The first-order chi connectivity index (χ1) is 14.7. The number of fused-ring (bicyclic) bond motifs is 3. The molecule has 0 bridgehead atoms. The highest BCUT2D eigenvalue weighted by atomic mass is 19.1. The lowest BCUT2D eigenvalue weighted by molar-refractivity contribution is 0.0273. The molecule has 0 saturated heterocycles. The first-order valence-corrected chi connectivity index (χ1v) is 11.0. The molecule has 6 nitrogen and oxygen atoms in total. The summed E-state index contributed by atoms with van der Waals surface area (Å²) in [4.78, 5) is 29.7. The van der Waals surface area contributed by atoms with Crippen LogP contribution in [0.1, 0.15) is 73.6 Å². The Bertz CT molecular complexity index is 1080. The topological polar surface area (TPSA) is 88.4 Å². The van der Waals surface area contributed by atoms with Crippen LogP contribution in [0.3, 0.4) is 0 Å². The van der Waals surface area contributed by atoms with E-state index in [1.54, 1.807) is 4.90 Å². The number of ether oxygens (including phenoxy) is 1. The molecule has 0 unspecified atom stereocenters. The van der Waals surface area contributed by atoms with Crippen molar-refractivity contribution < 1.29 is 18.7 Å². The molecule has 1 aromatic heterocycles. The molecular weight excluding hydrogens is 397 g/mol. The standard InChI is InChI=1S/C24H30FN3O3/c1-24(2,3)31-23(30)28-11-7-8-14(13-28)19-17(25)12-16(22(26)29)21-20(19)15-9-5-4-6-10-18(15)27-21/h8,12,27H,4-7,9-11,13H2,1-3H3,(H2,26,29). The number of amides is 2. The second kappa shape index (κ2) is 8.02. The zero-order valence-electron chi connectivity index (χ0n) is 18.4. The summed E-state index contributed by atoms with van der Waals surface area (Å²) in [6, 6.07) is 1.23. The highest BCUT2D eigenvalue weighted by molar-refractivity contribution is 6.09. The van der Waals surface area contributed by atoms with Crippen molar-refractivity contribution in [1.82, 2.24) is 9.88 Å². The smallest absolute Gasteiger partial charge is 0.410 e. The third-order valence-electron chi connectivity index (χ3n) is 5.96. The van der Waals surface area contributed by atoms with Crippen molar-refractivity contribution in [2.24, 2.45) is 5.73 Å². The minimum atomic E-state index is -0.653. The van der Waals surface area contributed by atoms with E-state index in [-0.39, 0.29) is 12.1 Å². The number of nitrogens with one attached hydrogen (secondary N) is 1. The number of H-pyrrole nitrogens is 1. The quantitative estimate of drug-likeness (QED) is 0.681. The van der Waals surface area contributed by atoms with Crippen LogP contribution in [0.4, 0.5) is 9.18 Å². The summed E-state index contributed by atoms with van der Waals surface area (Å²) in [5, 5.41) is 0.739. The maximum atomic E-state index is 15.5. The summed E-state index contributed by atoms with van der Waals surface area (Å²) in [5.74, 6) is -1.13. The van der Waals surface area contributed by atoms with Crippen molar-refractivity contribution in [2.45, 2.75) is 64.9 Å². The average Bonchev–Trinajstić information content (AvgIpc) is 2.88. The molecule has 2 aromatic rings. The van der Waals surface area contributed by atoms with Gasteiger partial charge in [0.1, 0.15) is 11.4 Å². The molecule has 4 rings (SSSR count). The van der Waals surface area contributed by atoms with E-state index in [1.807, 2.05) is 26.8 Å². The normalized spacial score (nSPS) is 17.2. The van der Waals surface area contributed by atoms with Crippen molar-refractivity contribution in [3.63, 3.8) is 0 Å². The Morgan fingerprint density at radius 3 is 2.65 bits per heavy atom. The number of nitrogens with two attached hydrogens (primary N) is 1. The third kappa shape index (κ3) is 4.18. The van der Waals surface area contributed by atoms with Gasteiger partial charge in [-0.2, -0.15) is 0 Å². The Morgan fingerprint density at radius 2 is 1.94 bits per heavy atom. The number of aromatic nitrogens is 1. The number of carbonyl (C=O) groups excluding carboxylic acids is 2. The van der Waals surface area contributed by atoms with Gasteiger partial charge in [0.05, 0.1) is 11.1 Å². The van der Waals surface area contributed by atoms with E-state index in [4.69, 9.17) is 10.5 Å². The van der Waals surface area contributed by atoms with Gasteiger partial charge in [0.15, 0.2) is 0 Å². The predicted octanol–water partition coefficient (Wildman–Crippen LogP) is 4.70. The van der Waals surface area contributed by atoms with Crippen molar-refractivity contribution in [3.8, 4) is 0 Å². The van der Waals surface area contributed by atoms with E-state index in [2.05, 4.69) is 4.98 Å². The second-order valence-electron chi connectivity index (χ2n) is 9.46. The van der Waals surface area contributed by atoms with Crippen LogP contribution >= 0.6 is 0 Å². The number of hydrogen-bond donors (Lipinski definition) is 2. The Kier molecular flexibility index (Phi) is 5.54. The van der Waals surface area contributed by atoms with Crippen molar-refractivity contribution in [2.75, 3.05) is 13.1 Å². The minimum absolute atomic E-state index is 0.171. The molecule has 1 aliphatic carbocycles. The fourth-order valence-electron chi connectivity index (χ4n) is 4.64. The van der Waals surface area contributed by atoms with E-state index in [1.165, 1.54) is 6.07 Å². The van der Waals surface area contributed by atoms with Gasteiger partial charge in [0.25, 0.3) is 5.91 Å². The van der Waals surface area contributed by atoms with Gasteiger partial charge in [-0.15, -0.1) is 0 Å². The molecule has 0 saturated carbocycles. The van der Waals surface area contributed by atoms with E-state index >= 15 is 4.39 Å². The Hall–Kier alpha value is -2.83. The van der Waals surface area contributed by atoms with Crippen molar-refractivity contribution >= 4 is 28.5 Å². The van der Waals surface area contributed by atoms with E-state index in [9.17, 15) is 9.59 Å². The zero-order valence-corrected chi connectivity index (χ0v) is 18.4. The largest absolute Gasteiger partial charge is 0.444 e. The molecule has 0 spiro atoms. The van der Waals surface area contributed by atoms with E-state index in [0.717, 1.165) is 54.3 Å². The predicted molar refractivity (Wildman–Crippen MR) is 118 cm³/mol. The first kappa shape index (κ1) is 21.4. The summed E-state index contributed by atoms with van der Waals surface area (Å²) in [5.41, 5.74) is 9.08. The van der Waals surface area contributed by atoms with Crippen LogP contribution < -0.4 is 5.73 Å². The summed E-state index contributed by atoms with van der Waals surface area (Å²) < 4.78 is 21.0. The third-order valence-corrected chi connectivity index (χ3v) is 5.96. The maximum absolute atomic E-state index is 15.5. The molecule has 2 amide bonds. The number of aromatic amines is 1. The minimum Gasteiger partial charge on any atom is -0.444 e. The average molecular weight is 428 g/mol. The molecule has 3 N–H and O–H groups in total. The zero-order chi connectivity index (χ0) is 22.3. The second-order valence-corrected chi connectivity index (χ2v) is 9.46. The van der Waals surface area contributed by atoms with E-state index in [0.29, 0.717) is 24.0 Å². The van der Waals surface area contributed by atoms with Crippen molar-refractivity contribution in [1.29, 1.82) is 0 Å². The molecule has 166 valence electrons. The number of hydrogen-bond acceptors (Lipinski definition) is 3. The first-order valence-electron chi connectivity index (χ1n) is 11.0. The van der Waals surface area contributed by atoms with Crippen LogP contribution in [0.2, 0.25) is 0 Å². The summed E-state index contributed by atoms with van der Waals surface area (Å²) in [7, 11) is 0. The molecule has 2 heterocycles. The van der Waals surface area contributed by atoms with Crippen LogP contribution in [0, 0.1) is 5.82 Å². The van der Waals surface area contributed by atoms with Gasteiger partial charge in [0.2, 0.25) is 0 Å². The fraction of sp³-hybridized carbons (Fsp3) is 0.500. The molecule has 31 heavy (non-hydrogen) atoms. The number of nitrogens with zero attached hydrogens (tertiary/aromatic N) is 1. The molecule has 7 heteroatoms. The Balaban J connectivity index is 1.82. The van der Waals surface area contributed by atoms with Crippen LogP contribution in [0.25, 0.3) is 16.5 Å². The molecule has 0 atom stereocenters. The lowest BCUT2D eigenvalue weighted by Crippen LogP contribution is -2.39. The Labute approximate surface area is 181 Å². The van der Waals surface area contributed by atoms with Gasteiger partial charge in [-0.3, -0.25) is 4.79 Å². The summed E-state index contributed by atoms with van der Waals surface area (Å²) in [6.07, 6.45) is 7.07. The molecule has 0 fully saturated rings. The number of benzene rings is 1.